The minimum absolute atomic E-state index is 0.0178. The van der Waals surface area contributed by atoms with E-state index in [1.807, 2.05) is 0 Å². The number of amides is 2. The minimum Gasteiger partial charge on any atom is -0.381 e. The molecule has 0 spiro atoms. The lowest BCUT2D eigenvalue weighted by Crippen LogP contribution is -2.50. The number of imide groups is 1. The maximum Gasteiger partial charge on any atom is 0.230 e. The standard InChI is InChI=1S/C13H21NO3/c1-8(2)12-10(7-11(15)14-13(12)16)9-3-5-17-6-4-9/h8-10,12H,3-7H2,1-2H3,(H,14,15,16). The molecule has 2 saturated heterocycles. The van der Waals surface area contributed by atoms with Crippen LogP contribution in [0.1, 0.15) is 33.1 Å². The number of ether oxygens (including phenoxy) is 1. The molecule has 0 aromatic heterocycles. The maximum atomic E-state index is 11.9. The van der Waals surface area contributed by atoms with Crippen LogP contribution in [0.15, 0.2) is 0 Å². The zero-order valence-electron chi connectivity index (χ0n) is 10.6. The van der Waals surface area contributed by atoms with Crippen LogP contribution in [0.2, 0.25) is 0 Å². The molecule has 2 unspecified atom stereocenters. The second-order valence-electron chi connectivity index (χ2n) is 5.50. The summed E-state index contributed by atoms with van der Waals surface area (Å²) in [5.41, 5.74) is 0. The second-order valence-corrected chi connectivity index (χ2v) is 5.50. The molecule has 2 rings (SSSR count). The van der Waals surface area contributed by atoms with Crippen molar-refractivity contribution in [3.05, 3.63) is 0 Å². The zero-order chi connectivity index (χ0) is 12.4. The van der Waals surface area contributed by atoms with E-state index in [1.165, 1.54) is 0 Å². The topological polar surface area (TPSA) is 55.4 Å². The van der Waals surface area contributed by atoms with Crippen molar-refractivity contribution in [1.82, 2.24) is 5.32 Å². The first kappa shape index (κ1) is 12.6. The number of hydrogen-bond acceptors (Lipinski definition) is 3. The number of carbonyl (C=O) groups is 2. The molecule has 96 valence electrons. The molecule has 4 nitrogen and oxygen atoms in total. The van der Waals surface area contributed by atoms with Crippen LogP contribution in [-0.2, 0) is 14.3 Å². The Balaban J connectivity index is 2.14. The van der Waals surface area contributed by atoms with Crippen molar-refractivity contribution in [2.75, 3.05) is 13.2 Å². The summed E-state index contributed by atoms with van der Waals surface area (Å²) < 4.78 is 5.35. The smallest absolute Gasteiger partial charge is 0.230 e. The van der Waals surface area contributed by atoms with Gasteiger partial charge >= 0.3 is 0 Å². The Morgan fingerprint density at radius 1 is 1.24 bits per heavy atom. The van der Waals surface area contributed by atoms with E-state index in [1.54, 1.807) is 0 Å². The largest absolute Gasteiger partial charge is 0.381 e. The van der Waals surface area contributed by atoms with Crippen LogP contribution >= 0.6 is 0 Å². The van der Waals surface area contributed by atoms with Gasteiger partial charge in [-0.3, -0.25) is 14.9 Å². The lowest BCUT2D eigenvalue weighted by Gasteiger charge is -2.39. The van der Waals surface area contributed by atoms with Crippen LogP contribution in [0.5, 0.6) is 0 Å². The normalized spacial score (nSPS) is 31.7. The van der Waals surface area contributed by atoms with Crippen molar-refractivity contribution < 1.29 is 14.3 Å². The summed E-state index contributed by atoms with van der Waals surface area (Å²) in [5.74, 6) is 0.758. The summed E-state index contributed by atoms with van der Waals surface area (Å²) in [4.78, 5) is 23.5. The number of nitrogens with one attached hydrogen (secondary N) is 1. The molecular formula is C13H21NO3. The van der Waals surface area contributed by atoms with Crippen molar-refractivity contribution in [2.24, 2.45) is 23.7 Å². The Labute approximate surface area is 102 Å². The van der Waals surface area contributed by atoms with Crippen LogP contribution < -0.4 is 5.32 Å². The first-order chi connectivity index (χ1) is 8.09. The highest BCUT2D eigenvalue weighted by Crippen LogP contribution is 2.37. The van der Waals surface area contributed by atoms with E-state index in [0.717, 1.165) is 26.1 Å². The summed E-state index contributed by atoms with van der Waals surface area (Å²) >= 11 is 0. The van der Waals surface area contributed by atoms with Gasteiger partial charge in [0.2, 0.25) is 11.8 Å². The number of hydrogen-bond donors (Lipinski definition) is 1. The predicted octanol–water partition coefficient (Wildman–Crippen LogP) is 1.35. The van der Waals surface area contributed by atoms with Gasteiger partial charge in [0.15, 0.2) is 0 Å². The highest BCUT2D eigenvalue weighted by atomic mass is 16.5. The summed E-state index contributed by atoms with van der Waals surface area (Å²) in [5, 5.41) is 2.47. The van der Waals surface area contributed by atoms with E-state index in [0.29, 0.717) is 12.3 Å². The third-order valence-corrected chi connectivity index (χ3v) is 4.04. The molecule has 2 heterocycles. The molecule has 4 heteroatoms. The van der Waals surface area contributed by atoms with Gasteiger partial charge in [0.1, 0.15) is 0 Å². The fourth-order valence-corrected chi connectivity index (χ4v) is 3.21. The number of carbonyl (C=O) groups excluding carboxylic acids is 2. The molecule has 1 N–H and O–H groups in total. The molecule has 2 aliphatic heterocycles. The molecule has 0 bridgehead atoms. The Bertz CT molecular complexity index is 308. The Kier molecular flexibility index (Phi) is 3.82. The highest BCUT2D eigenvalue weighted by molar-refractivity contribution is 5.99. The Morgan fingerprint density at radius 3 is 2.47 bits per heavy atom. The Morgan fingerprint density at radius 2 is 1.88 bits per heavy atom. The van der Waals surface area contributed by atoms with E-state index >= 15 is 0 Å². The first-order valence-electron chi connectivity index (χ1n) is 6.51. The fraction of sp³-hybridized carbons (Fsp3) is 0.846. The van der Waals surface area contributed by atoms with Gasteiger partial charge in [0.25, 0.3) is 0 Å². The number of rotatable bonds is 2. The monoisotopic (exact) mass is 239 g/mol. The molecule has 0 radical (unpaired) electrons. The Hall–Kier alpha value is -0.900. The van der Waals surface area contributed by atoms with Gasteiger partial charge in [0, 0.05) is 25.6 Å². The van der Waals surface area contributed by atoms with Crippen molar-refractivity contribution in [3.63, 3.8) is 0 Å². The molecule has 0 aromatic carbocycles. The third kappa shape index (κ3) is 2.68. The maximum absolute atomic E-state index is 11.9. The van der Waals surface area contributed by atoms with E-state index in [9.17, 15) is 9.59 Å². The highest BCUT2D eigenvalue weighted by Gasteiger charge is 2.41. The molecule has 2 fully saturated rings. The van der Waals surface area contributed by atoms with Crippen LogP contribution in [0.25, 0.3) is 0 Å². The van der Waals surface area contributed by atoms with E-state index < -0.39 is 0 Å². The SMILES string of the molecule is CC(C)C1C(=O)NC(=O)CC1C1CCOCC1. The molecule has 0 aromatic rings. The lowest BCUT2D eigenvalue weighted by molar-refractivity contribution is -0.143. The van der Waals surface area contributed by atoms with Crippen LogP contribution in [0, 0.1) is 23.7 Å². The van der Waals surface area contributed by atoms with Crippen LogP contribution in [-0.4, -0.2) is 25.0 Å². The van der Waals surface area contributed by atoms with Crippen molar-refractivity contribution >= 4 is 11.8 Å². The van der Waals surface area contributed by atoms with Crippen molar-refractivity contribution in [1.29, 1.82) is 0 Å². The van der Waals surface area contributed by atoms with Gasteiger partial charge in [-0.25, -0.2) is 0 Å². The van der Waals surface area contributed by atoms with Gasteiger partial charge in [-0.2, -0.15) is 0 Å². The van der Waals surface area contributed by atoms with Gasteiger partial charge in [-0.1, -0.05) is 13.8 Å². The number of piperidine rings is 1. The molecule has 2 amide bonds. The second kappa shape index (κ2) is 5.17. The molecule has 2 atom stereocenters. The van der Waals surface area contributed by atoms with Crippen molar-refractivity contribution in [2.45, 2.75) is 33.1 Å². The fourth-order valence-electron chi connectivity index (χ4n) is 3.21. The van der Waals surface area contributed by atoms with Gasteiger partial charge in [-0.05, 0) is 30.6 Å². The zero-order valence-corrected chi connectivity index (χ0v) is 10.6. The first-order valence-corrected chi connectivity index (χ1v) is 6.51. The van der Waals surface area contributed by atoms with Gasteiger partial charge < -0.3 is 4.74 Å². The summed E-state index contributed by atoms with van der Waals surface area (Å²) in [6, 6.07) is 0. The quantitative estimate of drug-likeness (QED) is 0.740. The minimum atomic E-state index is -0.108. The molecular weight excluding hydrogens is 218 g/mol. The van der Waals surface area contributed by atoms with Crippen LogP contribution in [0.4, 0.5) is 0 Å². The molecule has 0 aliphatic carbocycles. The van der Waals surface area contributed by atoms with E-state index in [4.69, 9.17) is 4.74 Å². The third-order valence-electron chi connectivity index (χ3n) is 4.04. The van der Waals surface area contributed by atoms with E-state index in [-0.39, 0.29) is 29.6 Å². The average Bonchev–Trinajstić information content (AvgIpc) is 2.28. The van der Waals surface area contributed by atoms with E-state index in [2.05, 4.69) is 19.2 Å². The predicted molar refractivity (Wildman–Crippen MR) is 63.1 cm³/mol. The van der Waals surface area contributed by atoms with Crippen molar-refractivity contribution in [3.8, 4) is 0 Å². The van der Waals surface area contributed by atoms with Crippen LogP contribution in [0.3, 0.4) is 0 Å². The summed E-state index contributed by atoms with van der Waals surface area (Å²) in [6.45, 7) is 5.66. The summed E-state index contributed by atoms with van der Waals surface area (Å²) in [7, 11) is 0. The summed E-state index contributed by atoms with van der Waals surface area (Å²) in [6.07, 6.45) is 2.46. The average molecular weight is 239 g/mol. The van der Waals surface area contributed by atoms with Gasteiger partial charge in [0.05, 0.1) is 0 Å². The lowest BCUT2D eigenvalue weighted by atomic mass is 9.69. The molecule has 0 saturated carbocycles. The van der Waals surface area contributed by atoms with Gasteiger partial charge in [-0.15, -0.1) is 0 Å². The molecule has 17 heavy (non-hydrogen) atoms. The molecule has 2 aliphatic rings.